The molecule has 0 spiro atoms. The molecule has 5 heteroatoms. The van der Waals surface area contributed by atoms with E-state index in [4.69, 9.17) is 11.6 Å². The maximum absolute atomic E-state index is 13.6. The number of benzene rings is 1. The van der Waals surface area contributed by atoms with E-state index in [1.54, 1.807) is 0 Å². The summed E-state index contributed by atoms with van der Waals surface area (Å²) in [6.45, 7) is 5.31. The number of rotatable bonds is 6. The van der Waals surface area contributed by atoms with Gasteiger partial charge in [-0.25, -0.2) is 9.37 Å². The Balaban J connectivity index is 2.52. The van der Waals surface area contributed by atoms with Gasteiger partial charge in [-0.3, -0.25) is 0 Å². The molecular weight excluding hydrogens is 343 g/mol. The minimum atomic E-state index is -0.276. The summed E-state index contributed by atoms with van der Waals surface area (Å²) in [5.74, 6) is 1.79. The van der Waals surface area contributed by atoms with Gasteiger partial charge in [-0.2, -0.15) is 0 Å². The van der Waals surface area contributed by atoms with Gasteiger partial charge >= 0.3 is 0 Å². The van der Waals surface area contributed by atoms with E-state index in [1.165, 1.54) is 6.07 Å². The first kappa shape index (κ1) is 15.8. The first-order valence-electron chi connectivity index (χ1n) is 7.00. The van der Waals surface area contributed by atoms with Gasteiger partial charge in [0.05, 0.1) is 15.5 Å². The Bertz CT molecular complexity index is 593. The van der Waals surface area contributed by atoms with Crippen LogP contribution in [0.1, 0.15) is 32.5 Å². The summed E-state index contributed by atoms with van der Waals surface area (Å²) in [4.78, 5) is 4.54. The third kappa shape index (κ3) is 3.17. The Hall–Kier alpha value is -0.610. The molecule has 1 heterocycles. The van der Waals surface area contributed by atoms with E-state index in [0.29, 0.717) is 28.2 Å². The van der Waals surface area contributed by atoms with Crippen molar-refractivity contribution in [3.63, 3.8) is 0 Å². The fourth-order valence-corrected chi connectivity index (χ4v) is 2.95. The number of imidazole rings is 1. The van der Waals surface area contributed by atoms with Crippen molar-refractivity contribution in [1.29, 1.82) is 0 Å². The van der Waals surface area contributed by atoms with E-state index in [0.717, 1.165) is 30.7 Å². The van der Waals surface area contributed by atoms with Gasteiger partial charge in [-0.15, -0.1) is 11.6 Å². The summed E-state index contributed by atoms with van der Waals surface area (Å²) >= 11 is 9.12. The summed E-state index contributed by atoms with van der Waals surface area (Å²) in [5, 5.41) is 0. The third-order valence-electron chi connectivity index (χ3n) is 3.78. The molecule has 1 aromatic carbocycles. The largest absolute Gasteiger partial charge is 0.328 e. The maximum atomic E-state index is 13.6. The second kappa shape index (κ2) is 6.90. The molecule has 1 aromatic heterocycles. The zero-order valence-corrected chi connectivity index (χ0v) is 14.1. The smallest absolute Gasteiger partial charge is 0.139 e. The van der Waals surface area contributed by atoms with Crippen LogP contribution in [0.4, 0.5) is 4.39 Å². The van der Waals surface area contributed by atoms with Crippen LogP contribution < -0.4 is 0 Å². The number of hydrogen-bond donors (Lipinski definition) is 0. The predicted octanol–water partition coefficient (Wildman–Crippen LogP) is 5.16. The lowest BCUT2D eigenvalue weighted by Gasteiger charge is -2.16. The average Bonchev–Trinajstić information content (AvgIpc) is 2.74. The molecule has 2 aromatic rings. The van der Waals surface area contributed by atoms with Crippen molar-refractivity contribution < 1.29 is 4.39 Å². The lowest BCUT2D eigenvalue weighted by molar-refractivity contribution is 0.417. The van der Waals surface area contributed by atoms with Gasteiger partial charge in [0.1, 0.15) is 11.6 Å². The van der Waals surface area contributed by atoms with Crippen molar-refractivity contribution >= 4 is 38.6 Å². The molecule has 2 rings (SSSR count). The number of aryl methyl sites for hydroxylation is 1. The molecule has 0 aliphatic carbocycles. The molecule has 0 N–H and O–H groups in total. The third-order valence-corrected chi connectivity index (χ3v) is 4.58. The SMILES string of the molecule is CCC(CC)Cn1c(CCCl)nc2cc(F)c(Br)cc21. The highest BCUT2D eigenvalue weighted by atomic mass is 79.9. The fraction of sp³-hybridized carbons (Fsp3) is 0.533. The maximum Gasteiger partial charge on any atom is 0.139 e. The van der Waals surface area contributed by atoms with Crippen molar-refractivity contribution in [1.82, 2.24) is 9.55 Å². The fourth-order valence-electron chi connectivity index (χ4n) is 2.45. The zero-order chi connectivity index (χ0) is 14.7. The van der Waals surface area contributed by atoms with Crippen LogP contribution >= 0.6 is 27.5 Å². The molecule has 0 aliphatic rings. The molecule has 110 valence electrons. The molecular formula is C15H19BrClFN2. The second-order valence-corrected chi connectivity index (χ2v) is 6.25. The van der Waals surface area contributed by atoms with Crippen molar-refractivity contribution in [2.24, 2.45) is 5.92 Å². The molecule has 0 unspecified atom stereocenters. The zero-order valence-electron chi connectivity index (χ0n) is 11.8. The van der Waals surface area contributed by atoms with Crippen molar-refractivity contribution in [3.05, 3.63) is 28.2 Å². The Labute approximate surface area is 132 Å². The van der Waals surface area contributed by atoms with E-state index in [2.05, 4.69) is 39.3 Å². The minimum absolute atomic E-state index is 0.276. The molecule has 2 nitrogen and oxygen atoms in total. The van der Waals surface area contributed by atoms with E-state index in [-0.39, 0.29) is 5.82 Å². The first-order chi connectivity index (χ1) is 9.60. The number of nitrogens with zero attached hydrogens (tertiary/aromatic N) is 2. The second-order valence-electron chi connectivity index (χ2n) is 5.02. The van der Waals surface area contributed by atoms with Crippen LogP contribution in [-0.2, 0) is 13.0 Å². The van der Waals surface area contributed by atoms with Crippen LogP contribution in [0.2, 0.25) is 0 Å². The molecule has 0 amide bonds. The van der Waals surface area contributed by atoms with Gasteiger partial charge in [0, 0.05) is 24.9 Å². The van der Waals surface area contributed by atoms with Gasteiger partial charge < -0.3 is 4.57 Å². The summed E-state index contributed by atoms with van der Waals surface area (Å²) in [6, 6.07) is 3.30. The van der Waals surface area contributed by atoms with Gasteiger partial charge in [0.2, 0.25) is 0 Å². The highest BCUT2D eigenvalue weighted by Gasteiger charge is 2.15. The van der Waals surface area contributed by atoms with E-state index >= 15 is 0 Å². The number of alkyl halides is 1. The van der Waals surface area contributed by atoms with Crippen molar-refractivity contribution in [3.8, 4) is 0 Å². The Morgan fingerprint density at radius 3 is 2.65 bits per heavy atom. The highest BCUT2D eigenvalue weighted by molar-refractivity contribution is 9.10. The number of halogens is 3. The topological polar surface area (TPSA) is 17.8 Å². The Kier molecular flexibility index (Phi) is 5.44. The van der Waals surface area contributed by atoms with Gasteiger partial charge in [-0.05, 0) is 27.9 Å². The van der Waals surface area contributed by atoms with E-state index in [9.17, 15) is 4.39 Å². The molecule has 0 saturated heterocycles. The van der Waals surface area contributed by atoms with E-state index in [1.807, 2.05) is 6.07 Å². The molecule has 0 aliphatic heterocycles. The average molecular weight is 362 g/mol. The monoisotopic (exact) mass is 360 g/mol. The quantitative estimate of drug-likeness (QED) is 0.650. The summed E-state index contributed by atoms with van der Waals surface area (Å²) in [5.41, 5.74) is 1.68. The standard InChI is InChI=1S/C15H19BrClFN2/c1-3-10(4-2)9-20-14-7-11(16)12(18)8-13(14)19-15(20)5-6-17/h7-8,10H,3-6,9H2,1-2H3. The Morgan fingerprint density at radius 2 is 2.05 bits per heavy atom. The summed E-state index contributed by atoms with van der Waals surface area (Å²) in [7, 11) is 0. The van der Waals surface area contributed by atoms with Crippen LogP contribution in [0, 0.1) is 11.7 Å². The van der Waals surface area contributed by atoms with Crippen LogP contribution in [0.5, 0.6) is 0 Å². The summed E-state index contributed by atoms with van der Waals surface area (Å²) < 4.78 is 16.3. The van der Waals surface area contributed by atoms with Crippen LogP contribution in [0.25, 0.3) is 11.0 Å². The molecule has 0 radical (unpaired) electrons. The predicted molar refractivity (Wildman–Crippen MR) is 85.9 cm³/mol. The number of fused-ring (bicyclic) bond motifs is 1. The molecule has 0 fully saturated rings. The minimum Gasteiger partial charge on any atom is -0.328 e. The molecule has 0 atom stereocenters. The van der Waals surface area contributed by atoms with E-state index < -0.39 is 0 Å². The highest BCUT2D eigenvalue weighted by Crippen LogP contribution is 2.26. The van der Waals surface area contributed by atoms with Crippen molar-refractivity contribution in [2.45, 2.75) is 39.7 Å². The lowest BCUT2D eigenvalue weighted by Crippen LogP contribution is -2.12. The first-order valence-corrected chi connectivity index (χ1v) is 8.33. The number of aromatic nitrogens is 2. The van der Waals surface area contributed by atoms with Gasteiger partial charge in [-0.1, -0.05) is 26.7 Å². The Morgan fingerprint density at radius 1 is 1.35 bits per heavy atom. The van der Waals surface area contributed by atoms with Gasteiger partial charge in [0.15, 0.2) is 0 Å². The molecule has 20 heavy (non-hydrogen) atoms. The van der Waals surface area contributed by atoms with Gasteiger partial charge in [0.25, 0.3) is 0 Å². The number of hydrogen-bond acceptors (Lipinski definition) is 1. The normalized spacial score (nSPS) is 11.7. The lowest BCUT2D eigenvalue weighted by atomic mass is 10.0. The van der Waals surface area contributed by atoms with Crippen molar-refractivity contribution in [2.75, 3.05) is 5.88 Å². The van der Waals surface area contributed by atoms with Crippen LogP contribution in [0.3, 0.4) is 0 Å². The molecule has 0 bridgehead atoms. The van der Waals surface area contributed by atoms with Crippen LogP contribution in [0.15, 0.2) is 16.6 Å². The van der Waals surface area contributed by atoms with Crippen LogP contribution in [-0.4, -0.2) is 15.4 Å². The molecule has 0 saturated carbocycles. The summed E-state index contributed by atoms with van der Waals surface area (Å²) in [6.07, 6.45) is 2.95.